The third kappa shape index (κ3) is 3.22. The highest BCUT2D eigenvalue weighted by Gasteiger charge is 2.14. The Balaban J connectivity index is 1.71. The lowest BCUT2D eigenvalue weighted by Crippen LogP contribution is -2.11. The molecule has 2 aromatic heterocycles. The molecule has 2 heterocycles. The molecule has 0 bridgehead atoms. The van der Waals surface area contributed by atoms with E-state index >= 15 is 0 Å². The maximum absolute atomic E-state index is 13.6. The Morgan fingerprint density at radius 1 is 1.04 bits per heavy atom. The van der Waals surface area contributed by atoms with E-state index in [4.69, 9.17) is 4.42 Å². The van der Waals surface area contributed by atoms with Crippen LogP contribution in [-0.2, 0) is 0 Å². The Kier molecular flexibility index (Phi) is 4.19. The standard InChI is InChI=1S/C16H10F3N3O2/c17-10-4-5-11(15(19)14(10)18)22-13-6-3-9(8-20-13)21-16(23)12-2-1-7-24-12/h1-8H,(H,20,22)(H,21,23). The van der Waals surface area contributed by atoms with Crippen molar-refractivity contribution in [3.8, 4) is 0 Å². The highest BCUT2D eigenvalue weighted by Crippen LogP contribution is 2.23. The van der Waals surface area contributed by atoms with E-state index in [1.165, 1.54) is 30.7 Å². The van der Waals surface area contributed by atoms with Gasteiger partial charge >= 0.3 is 0 Å². The van der Waals surface area contributed by atoms with E-state index in [0.717, 1.165) is 12.1 Å². The van der Waals surface area contributed by atoms with Gasteiger partial charge in [-0.1, -0.05) is 0 Å². The van der Waals surface area contributed by atoms with Crippen molar-refractivity contribution >= 4 is 23.1 Å². The molecule has 0 radical (unpaired) electrons. The Morgan fingerprint density at radius 3 is 2.54 bits per heavy atom. The summed E-state index contributed by atoms with van der Waals surface area (Å²) in [5, 5.41) is 5.08. The summed E-state index contributed by atoms with van der Waals surface area (Å²) in [7, 11) is 0. The fraction of sp³-hybridized carbons (Fsp3) is 0. The SMILES string of the molecule is O=C(Nc1ccc(Nc2ccc(F)c(F)c2F)nc1)c1ccco1. The Labute approximate surface area is 134 Å². The number of aromatic nitrogens is 1. The maximum Gasteiger partial charge on any atom is 0.291 e. The molecule has 5 nitrogen and oxygen atoms in total. The molecule has 8 heteroatoms. The van der Waals surface area contributed by atoms with Gasteiger partial charge in [-0.15, -0.1) is 0 Å². The van der Waals surface area contributed by atoms with E-state index in [1.54, 1.807) is 6.07 Å². The first-order valence-electron chi connectivity index (χ1n) is 6.76. The Bertz CT molecular complexity index is 865. The molecule has 122 valence electrons. The van der Waals surface area contributed by atoms with Crippen molar-refractivity contribution < 1.29 is 22.4 Å². The molecular weight excluding hydrogens is 323 g/mol. The van der Waals surface area contributed by atoms with Gasteiger partial charge in [-0.3, -0.25) is 4.79 Å². The zero-order valence-electron chi connectivity index (χ0n) is 12.0. The molecule has 0 aliphatic rings. The summed E-state index contributed by atoms with van der Waals surface area (Å²) >= 11 is 0. The van der Waals surface area contributed by atoms with Crippen LogP contribution in [0.15, 0.2) is 53.3 Å². The predicted octanol–water partition coefficient (Wildman–Crippen LogP) is 4.09. The molecule has 0 spiro atoms. The van der Waals surface area contributed by atoms with Gasteiger partial charge in [-0.25, -0.2) is 18.2 Å². The smallest absolute Gasteiger partial charge is 0.291 e. The summed E-state index contributed by atoms with van der Waals surface area (Å²) in [6.45, 7) is 0. The lowest BCUT2D eigenvalue weighted by Gasteiger charge is -2.08. The molecule has 2 N–H and O–H groups in total. The van der Waals surface area contributed by atoms with Crippen molar-refractivity contribution in [2.75, 3.05) is 10.6 Å². The van der Waals surface area contributed by atoms with Crippen LogP contribution in [0.5, 0.6) is 0 Å². The summed E-state index contributed by atoms with van der Waals surface area (Å²) in [4.78, 5) is 15.8. The number of nitrogens with one attached hydrogen (secondary N) is 2. The molecule has 3 aromatic rings. The number of benzene rings is 1. The first-order chi connectivity index (χ1) is 11.5. The van der Waals surface area contributed by atoms with Crippen LogP contribution >= 0.6 is 0 Å². The monoisotopic (exact) mass is 333 g/mol. The van der Waals surface area contributed by atoms with Crippen LogP contribution in [0.4, 0.5) is 30.4 Å². The van der Waals surface area contributed by atoms with Crippen molar-refractivity contribution in [2.24, 2.45) is 0 Å². The van der Waals surface area contributed by atoms with Gasteiger partial charge in [0.15, 0.2) is 23.2 Å². The Morgan fingerprint density at radius 2 is 1.88 bits per heavy atom. The van der Waals surface area contributed by atoms with Crippen LogP contribution in [0.3, 0.4) is 0 Å². The van der Waals surface area contributed by atoms with Crippen LogP contribution in [0, 0.1) is 17.5 Å². The van der Waals surface area contributed by atoms with Crippen LogP contribution in [0.25, 0.3) is 0 Å². The van der Waals surface area contributed by atoms with Crippen LogP contribution in [-0.4, -0.2) is 10.9 Å². The second-order valence-corrected chi connectivity index (χ2v) is 4.71. The maximum atomic E-state index is 13.6. The number of furan rings is 1. The second-order valence-electron chi connectivity index (χ2n) is 4.71. The summed E-state index contributed by atoms with van der Waals surface area (Å²) in [5.41, 5.74) is 0.126. The number of hydrogen-bond acceptors (Lipinski definition) is 4. The normalized spacial score (nSPS) is 10.5. The highest BCUT2D eigenvalue weighted by atomic mass is 19.2. The number of carbonyl (C=O) groups excluding carboxylic acids is 1. The number of rotatable bonds is 4. The summed E-state index contributed by atoms with van der Waals surface area (Å²) in [6, 6.07) is 7.90. The van der Waals surface area contributed by atoms with Crippen LogP contribution in [0.2, 0.25) is 0 Å². The van der Waals surface area contributed by atoms with E-state index in [9.17, 15) is 18.0 Å². The fourth-order valence-electron chi connectivity index (χ4n) is 1.90. The Hall–Kier alpha value is -3.29. The minimum Gasteiger partial charge on any atom is -0.459 e. The molecule has 24 heavy (non-hydrogen) atoms. The van der Waals surface area contributed by atoms with Gasteiger partial charge in [0.2, 0.25) is 0 Å². The molecule has 1 aromatic carbocycles. The van der Waals surface area contributed by atoms with E-state index in [0.29, 0.717) is 5.69 Å². The number of anilines is 3. The minimum atomic E-state index is -1.57. The number of halogens is 3. The van der Waals surface area contributed by atoms with Crippen molar-refractivity contribution in [1.82, 2.24) is 4.98 Å². The third-order valence-electron chi connectivity index (χ3n) is 3.06. The zero-order chi connectivity index (χ0) is 17.1. The van der Waals surface area contributed by atoms with Crippen molar-refractivity contribution in [1.29, 1.82) is 0 Å². The third-order valence-corrected chi connectivity index (χ3v) is 3.06. The van der Waals surface area contributed by atoms with Gasteiger partial charge in [0.05, 0.1) is 23.8 Å². The number of pyridine rings is 1. The first kappa shape index (κ1) is 15.6. The summed E-state index contributed by atoms with van der Waals surface area (Å²) < 4.78 is 44.6. The van der Waals surface area contributed by atoms with Crippen LogP contribution < -0.4 is 10.6 Å². The molecule has 0 saturated carbocycles. The van der Waals surface area contributed by atoms with Gasteiger partial charge in [-0.05, 0) is 36.4 Å². The second kappa shape index (κ2) is 6.45. The average Bonchev–Trinajstić information content (AvgIpc) is 3.12. The lowest BCUT2D eigenvalue weighted by atomic mass is 10.2. The van der Waals surface area contributed by atoms with E-state index in [-0.39, 0.29) is 17.3 Å². The van der Waals surface area contributed by atoms with Crippen LogP contribution in [0.1, 0.15) is 10.6 Å². The number of carbonyl (C=O) groups is 1. The molecule has 0 saturated heterocycles. The van der Waals surface area contributed by atoms with Gasteiger partial charge in [0.25, 0.3) is 5.91 Å². The number of nitrogens with zero attached hydrogens (tertiary/aromatic N) is 1. The van der Waals surface area contributed by atoms with E-state index in [1.807, 2.05) is 0 Å². The van der Waals surface area contributed by atoms with Crippen molar-refractivity contribution in [2.45, 2.75) is 0 Å². The van der Waals surface area contributed by atoms with Gasteiger partial charge < -0.3 is 15.1 Å². The molecule has 3 rings (SSSR count). The molecule has 0 fully saturated rings. The molecule has 0 unspecified atom stereocenters. The molecule has 0 aliphatic carbocycles. The highest BCUT2D eigenvalue weighted by molar-refractivity contribution is 6.02. The molecule has 0 aliphatic heterocycles. The number of amides is 1. The van der Waals surface area contributed by atoms with Gasteiger partial charge in [-0.2, -0.15) is 0 Å². The predicted molar refractivity (Wildman–Crippen MR) is 80.5 cm³/mol. The molecule has 1 amide bonds. The van der Waals surface area contributed by atoms with Gasteiger partial charge in [0, 0.05) is 0 Å². The topological polar surface area (TPSA) is 67.2 Å². The lowest BCUT2D eigenvalue weighted by molar-refractivity contribution is 0.0996. The fourth-order valence-corrected chi connectivity index (χ4v) is 1.90. The first-order valence-corrected chi connectivity index (χ1v) is 6.76. The van der Waals surface area contributed by atoms with E-state index in [2.05, 4.69) is 15.6 Å². The molecular formula is C16H10F3N3O2. The zero-order valence-corrected chi connectivity index (χ0v) is 12.0. The molecule has 0 atom stereocenters. The summed E-state index contributed by atoms with van der Waals surface area (Å²) in [5.74, 6) is -4.30. The minimum absolute atomic E-state index is 0.140. The quantitative estimate of drug-likeness (QED) is 0.706. The number of hydrogen-bond donors (Lipinski definition) is 2. The van der Waals surface area contributed by atoms with Crippen molar-refractivity contribution in [3.05, 3.63) is 72.1 Å². The largest absolute Gasteiger partial charge is 0.459 e. The summed E-state index contributed by atoms with van der Waals surface area (Å²) in [6.07, 6.45) is 2.69. The van der Waals surface area contributed by atoms with E-state index < -0.39 is 23.4 Å². The van der Waals surface area contributed by atoms with Gasteiger partial charge in [0.1, 0.15) is 5.82 Å². The van der Waals surface area contributed by atoms with Crippen molar-refractivity contribution in [3.63, 3.8) is 0 Å². The average molecular weight is 333 g/mol.